The molecule has 80 valence electrons. The minimum absolute atomic E-state index is 0.400. The highest BCUT2D eigenvalue weighted by atomic mass is 35.5. The molecule has 4 heteroatoms. The predicted octanol–water partition coefficient (Wildman–Crippen LogP) is 3.04. The molecule has 1 aromatic rings. The van der Waals surface area contributed by atoms with Crippen molar-refractivity contribution in [3.63, 3.8) is 0 Å². The molecule has 0 unspecified atom stereocenters. The lowest BCUT2D eigenvalue weighted by molar-refractivity contribution is 0.509. The van der Waals surface area contributed by atoms with Gasteiger partial charge in [-0.25, -0.2) is 0 Å². The van der Waals surface area contributed by atoms with Crippen LogP contribution < -0.4 is 4.90 Å². The van der Waals surface area contributed by atoms with Gasteiger partial charge in [-0.2, -0.15) is 4.98 Å². The predicted molar refractivity (Wildman–Crippen MR) is 58.8 cm³/mol. The highest BCUT2D eigenvalue weighted by Crippen LogP contribution is 2.17. The van der Waals surface area contributed by atoms with Gasteiger partial charge >= 0.3 is 0 Å². The van der Waals surface area contributed by atoms with Crippen molar-refractivity contribution in [1.29, 1.82) is 0 Å². The molecule has 0 aliphatic rings. The Morgan fingerprint density at radius 1 is 1.57 bits per heavy atom. The molecule has 14 heavy (non-hydrogen) atoms. The van der Waals surface area contributed by atoms with Crippen LogP contribution in [0.1, 0.15) is 32.9 Å². The van der Waals surface area contributed by atoms with E-state index in [-0.39, 0.29) is 0 Å². The standard InChI is InChI=1S/C10H17ClN2O/c1-4-5-13(8(2)3)10-12-9(6-11)7-14-10/h7-8H,4-6H2,1-3H3. The Bertz CT molecular complexity index is 273. The third-order valence-electron chi connectivity index (χ3n) is 2.01. The second-order valence-corrected chi connectivity index (χ2v) is 3.81. The fourth-order valence-corrected chi connectivity index (χ4v) is 1.43. The molecule has 1 heterocycles. The molecule has 0 amide bonds. The SMILES string of the molecule is CCCN(c1nc(CCl)co1)C(C)C. The number of oxazole rings is 1. The van der Waals surface area contributed by atoms with E-state index in [1.807, 2.05) is 0 Å². The average molecular weight is 217 g/mol. The zero-order valence-corrected chi connectivity index (χ0v) is 9.71. The van der Waals surface area contributed by atoms with Gasteiger partial charge in [0, 0.05) is 12.6 Å². The fraction of sp³-hybridized carbons (Fsp3) is 0.700. The molecule has 0 saturated heterocycles. The van der Waals surface area contributed by atoms with Gasteiger partial charge in [-0.05, 0) is 20.3 Å². The maximum absolute atomic E-state index is 5.66. The lowest BCUT2D eigenvalue weighted by Gasteiger charge is -2.23. The summed E-state index contributed by atoms with van der Waals surface area (Å²) in [5, 5.41) is 0. The van der Waals surface area contributed by atoms with E-state index in [4.69, 9.17) is 16.0 Å². The van der Waals surface area contributed by atoms with Crippen molar-refractivity contribution in [2.24, 2.45) is 0 Å². The molecule has 3 nitrogen and oxygen atoms in total. The van der Waals surface area contributed by atoms with E-state index in [0.717, 1.165) is 18.7 Å². The highest BCUT2D eigenvalue weighted by molar-refractivity contribution is 6.16. The van der Waals surface area contributed by atoms with Crippen molar-refractivity contribution in [1.82, 2.24) is 4.98 Å². The van der Waals surface area contributed by atoms with Gasteiger partial charge in [-0.15, -0.1) is 11.6 Å². The first-order chi connectivity index (χ1) is 6.69. The molecule has 0 atom stereocenters. The summed E-state index contributed by atoms with van der Waals surface area (Å²) in [6, 6.07) is 1.08. The lowest BCUT2D eigenvalue weighted by atomic mass is 10.3. The number of aromatic nitrogens is 1. The van der Waals surface area contributed by atoms with Crippen molar-refractivity contribution in [3.8, 4) is 0 Å². The van der Waals surface area contributed by atoms with E-state index in [1.165, 1.54) is 0 Å². The Morgan fingerprint density at radius 2 is 2.29 bits per heavy atom. The molecule has 0 aliphatic carbocycles. The molecule has 0 bridgehead atoms. The van der Waals surface area contributed by atoms with Crippen molar-refractivity contribution in [2.75, 3.05) is 11.4 Å². The smallest absolute Gasteiger partial charge is 0.297 e. The van der Waals surface area contributed by atoms with Crippen LogP contribution in [0.4, 0.5) is 6.01 Å². The van der Waals surface area contributed by atoms with Gasteiger partial charge in [-0.1, -0.05) is 6.92 Å². The van der Waals surface area contributed by atoms with Crippen LogP contribution in [0.15, 0.2) is 10.7 Å². The molecule has 0 N–H and O–H groups in total. The molecule has 0 radical (unpaired) electrons. The maximum Gasteiger partial charge on any atom is 0.297 e. The number of rotatable bonds is 5. The molecule has 0 fully saturated rings. The summed E-state index contributed by atoms with van der Waals surface area (Å²) in [7, 11) is 0. The van der Waals surface area contributed by atoms with Crippen LogP contribution >= 0.6 is 11.6 Å². The quantitative estimate of drug-likeness (QED) is 0.709. The molecule has 0 spiro atoms. The lowest BCUT2D eigenvalue weighted by Crippen LogP contribution is -2.31. The number of halogens is 1. The Labute approximate surface area is 90.1 Å². The van der Waals surface area contributed by atoms with Crippen molar-refractivity contribution >= 4 is 17.6 Å². The van der Waals surface area contributed by atoms with E-state index in [9.17, 15) is 0 Å². The van der Waals surface area contributed by atoms with Crippen LogP contribution in [0.2, 0.25) is 0 Å². The zero-order chi connectivity index (χ0) is 10.6. The van der Waals surface area contributed by atoms with E-state index >= 15 is 0 Å². The van der Waals surface area contributed by atoms with Gasteiger partial charge < -0.3 is 9.32 Å². The fourth-order valence-electron chi connectivity index (χ4n) is 1.31. The summed E-state index contributed by atoms with van der Waals surface area (Å²) in [6.45, 7) is 7.35. The summed E-state index contributed by atoms with van der Waals surface area (Å²) in [5.41, 5.74) is 0.795. The topological polar surface area (TPSA) is 29.3 Å². The normalized spacial score (nSPS) is 10.9. The van der Waals surface area contributed by atoms with E-state index in [1.54, 1.807) is 6.26 Å². The van der Waals surface area contributed by atoms with Crippen LogP contribution in [-0.4, -0.2) is 17.6 Å². The Kier molecular flexibility index (Phi) is 4.26. The van der Waals surface area contributed by atoms with E-state index in [2.05, 4.69) is 30.7 Å². The van der Waals surface area contributed by atoms with Crippen LogP contribution in [0.3, 0.4) is 0 Å². The van der Waals surface area contributed by atoms with Crippen molar-refractivity contribution in [2.45, 2.75) is 39.1 Å². The molecular formula is C10H17ClN2O. The summed E-state index contributed by atoms with van der Waals surface area (Å²) in [4.78, 5) is 6.43. The summed E-state index contributed by atoms with van der Waals surface area (Å²) in [5.74, 6) is 0.404. The number of alkyl halides is 1. The first kappa shape index (κ1) is 11.4. The Balaban J connectivity index is 2.76. The Morgan fingerprint density at radius 3 is 2.71 bits per heavy atom. The van der Waals surface area contributed by atoms with Gasteiger partial charge in [0.2, 0.25) is 0 Å². The molecule has 0 aliphatic heterocycles. The van der Waals surface area contributed by atoms with Gasteiger partial charge in [-0.3, -0.25) is 0 Å². The first-order valence-corrected chi connectivity index (χ1v) is 5.49. The highest BCUT2D eigenvalue weighted by Gasteiger charge is 2.14. The molecular weight excluding hydrogens is 200 g/mol. The minimum atomic E-state index is 0.400. The largest absolute Gasteiger partial charge is 0.432 e. The van der Waals surface area contributed by atoms with Gasteiger partial charge in [0.1, 0.15) is 6.26 Å². The van der Waals surface area contributed by atoms with Crippen LogP contribution in [-0.2, 0) is 5.88 Å². The second-order valence-electron chi connectivity index (χ2n) is 3.54. The summed E-state index contributed by atoms with van der Waals surface area (Å²) in [6.07, 6.45) is 2.70. The van der Waals surface area contributed by atoms with E-state index < -0.39 is 0 Å². The second kappa shape index (κ2) is 5.25. The minimum Gasteiger partial charge on any atom is -0.432 e. The van der Waals surface area contributed by atoms with Crippen molar-refractivity contribution < 1.29 is 4.42 Å². The summed E-state index contributed by atoms with van der Waals surface area (Å²) < 4.78 is 5.36. The number of anilines is 1. The van der Waals surface area contributed by atoms with Crippen LogP contribution in [0.5, 0.6) is 0 Å². The molecule has 1 aromatic heterocycles. The first-order valence-electron chi connectivity index (χ1n) is 4.96. The van der Waals surface area contributed by atoms with Gasteiger partial charge in [0.25, 0.3) is 6.01 Å². The zero-order valence-electron chi connectivity index (χ0n) is 8.96. The van der Waals surface area contributed by atoms with Gasteiger partial charge in [0.05, 0.1) is 11.6 Å². The average Bonchev–Trinajstić information content (AvgIpc) is 2.61. The monoisotopic (exact) mass is 216 g/mol. The third kappa shape index (κ3) is 2.64. The summed E-state index contributed by atoms with van der Waals surface area (Å²) >= 11 is 5.66. The van der Waals surface area contributed by atoms with Crippen LogP contribution in [0.25, 0.3) is 0 Å². The Hall–Kier alpha value is -0.700. The third-order valence-corrected chi connectivity index (χ3v) is 2.28. The number of nitrogens with zero attached hydrogens (tertiary/aromatic N) is 2. The molecule has 0 saturated carbocycles. The molecule has 0 aromatic carbocycles. The van der Waals surface area contributed by atoms with Crippen LogP contribution in [0, 0.1) is 0 Å². The van der Waals surface area contributed by atoms with Crippen molar-refractivity contribution in [3.05, 3.63) is 12.0 Å². The number of hydrogen-bond donors (Lipinski definition) is 0. The number of hydrogen-bond acceptors (Lipinski definition) is 3. The van der Waals surface area contributed by atoms with Gasteiger partial charge in [0.15, 0.2) is 0 Å². The van der Waals surface area contributed by atoms with E-state index in [0.29, 0.717) is 17.9 Å². The maximum atomic E-state index is 5.66. The molecule has 1 rings (SSSR count).